The number of nitrogens with two attached hydrogens (primary N) is 1. The van der Waals surface area contributed by atoms with Gasteiger partial charge >= 0.3 is 0 Å². The molecule has 1 heterocycles. The largest absolute Gasteiger partial charge is 0.339 e. The van der Waals surface area contributed by atoms with E-state index >= 15 is 0 Å². The molecule has 0 aliphatic carbocycles. The van der Waals surface area contributed by atoms with Gasteiger partial charge in [-0.2, -0.15) is 0 Å². The van der Waals surface area contributed by atoms with Gasteiger partial charge in [0.1, 0.15) is 0 Å². The van der Waals surface area contributed by atoms with Gasteiger partial charge < -0.3 is 10.6 Å². The van der Waals surface area contributed by atoms with Crippen LogP contribution in [0.25, 0.3) is 0 Å². The van der Waals surface area contributed by atoms with Crippen molar-refractivity contribution in [2.45, 2.75) is 52.6 Å². The highest BCUT2D eigenvalue weighted by molar-refractivity contribution is 5.85. The number of likely N-dealkylation sites (tertiary alicyclic amines) is 1. The fourth-order valence-electron chi connectivity index (χ4n) is 2.39. The molecule has 0 unspecified atom stereocenters. The molecule has 4 nitrogen and oxygen atoms in total. The summed E-state index contributed by atoms with van der Waals surface area (Å²) in [6.45, 7) is 11.8. The Morgan fingerprint density at radius 1 is 1.26 bits per heavy atom. The molecule has 1 fully saturated rings. The van der Waals surface area contributed by atoms with E-state index in [2.05, 4.69) is 32.6 Å². The predicted molar refractivity (Wildman–Crippen MR) is 82.6 cm³/mol. The monoisotopic (exact) mass is 291 g/mol. The molecule has 0 bridgehead atoms. The van der Waals surface area contributed by atoms with Crippen LogP contribution in [-0.2, 0) is 4.79 Å². The molecule has 1 aliphatic heterocycles. The first-order chi connectivity index (χ1) is 8.40. The highest BCUT2D eigenvalue weighted by Crippen LogP contribution is 2.10. The third-order valence-electron chi connectivity index (χ3n) is 3.50. The number of halogens is 1. The average molecular weight is 292 g/mol. The van der Waals surface area contributed by atoms with Crippen molar-refractivity contribution in [1.29, 1.82) is 0 Å². The molecule has 0 saturated carbocycles. The van der Waals surface area contributed by atoms with Crippen molar-refractivity contribution in [3.05, 3.63) is 0 Å². The van der Waals surface area contributed by atoms with Gasteiger partial charge in [0.05, 0.1) is 6.54 Å². The molecular formula is C14H30ClN3O. The second-order valence-electron chi connectivity index (χ2n) is 6.15. The maximum Gasteiger partial charge on any atom is 0.236 e. The first-order valence-electron chi connectivity index (χ1n) is 7.17. The van der Waals surface area contributed by atoms with Crippen molar-refractivity contribution in [3.63, 3.8) is 0 Å². The van der Waals surface area contributed by atoms with E-state index in [0.717, 1.165) is 32.5 Å². The normalized spacial score (nSPS) is 17.6. The quantitative estimate of drug-likeness (QED) is 0.839. The average Bonchev–Trinajstić information content (AvgIpc) is 2.28. The molecule has 0 spiro atoms. The first-order valence-corrected chi connectivity index (χ1v) is 7.17. The van der Waals surface area contributed by atoms with E-state index in [1.54, 1.807) is 0 Å². The fourth-order valence-corrected chi connectivity index (χ4v) is 2.39. The Kier molecular flexibility index (Phi) is 8.62. The summed E-state index contributed by atoms with van der Waals surface area (Å²) in [5, 5.41) is 0. The molecule has 1 rings (SSSR count). The third kappa shape index (κ3) is 6.59. The molecule has 5 heteroatoms. The summed E-state index contributed by atoms with van der Waals surface area (Å²) in [6.07, 6.45) is 2.03. The molecule has 114 valence electrons. The number of hydrogen-bond acceptors (Lipinski definition) is 3. The van der Waals surface area contributed by atoms with Crippen LogP contribution >= 0.6 is 12.4 Å². The molecule has 0 atom stereocenters. The Hall–Kier alpha value is -0.320. The van der Waals surface area contributed by atoms with Crippen molar-refractivity contribution in [2.75, 3.05) is 26.2 Å². The van der Waals surface area contributed by atoms with E-state index in [-0.39, 0.29) is 24.4 Å². The minimum atomic E-state index is 0. The van der Waals surface area contributed by atoms with Crippen LogP contribution < -0.4 is 5.73 Å². The topological polar surface area (TPSA) is 49.6 Å². The minimum absolute atomic E-state index is 0. The number of carbonyl (C=O) groups excluding carboxylic acids is 1. The molecule has 1 aliphatic rings. The van der Waals surface area contributed by atoms with Crippen molar-refractivity contribution in [3.8, 4) is 0 Å². The summed E-state index contributed by atoms with van der Waals surface area (Å²) in [5.41, 5.74) is 5.88. The second kappa shape index (κ2) is 8.77. The number of carbonyl (C=O) groups is 1. The van der Waals surface area contributed by atoms with E-state index < -0.39 is 0 Å². The molecule has 0 aromatic rings. The highest BCUT2D eigenvalue weighted by atomic mass is 35.5. The van der Waals surface area contributed by atoms with E-state index in [0.29, 0.717) is 18.5 Å². The van der Waals surface area contributed by atoms with Crippen molar-refractivity contribution < 1.29 is 4.79 Å². The van der Waals surface area contributed by atoms with Crippen LogP contribution in [0.15, 0.2) is 0 Å². The van der Waals surface area contributed by atoms with Crippen LogP contribution in [-0.4, -0.2) is 54.0 Å². The highest BCUT2D eigenvalue weighted by Gasteiger charge is 2.23. The molecule has 19 heavy (non-hydrogen) atoms. The SMILES string of the molecule is CC(C)CN(C(=O)CN1CCC(N)CC1)C(C)C.Cl. The zero-order valence-corrected chi connectivity index (χ0v) is 13.6. The maximum atomic E-state index is 12.3. The van der Waals surface area contributed by atoms with Crippen LogP contribution in [0.2, 0.25) is 0 Å². The van der Waals surface area contributed by atoms with Crippen LogP contribution in [0.4, 0.5) is 0 Å². The van der Waals surface area contributed by atoms with Gasteiger partial charge in [-0.1, -0.05) is 13.8 Å². The first kappa shape index (κ1) is 18.7. The van der Waals surface area contributed by atoms with E-state index in [9.17, 15) is 4.79 Å². The summed E-state index contributed by atoms with van der Waals surface area (Å²) in [4.78, 5) is 16.6. The summed E-state index contributed by atoms with van der Waals surface area (Å²) >= 11 is 0. The van der Waals surface area contributed by atoms with Crippen molar-refractivity contribution in [2.24, 2.45) is 11.7 Å². The van der Waals surface area contributed by atoms with Gasteiger partial charge in [-0.05, 0) is 32.6 Å². The van der Waals surface area contributed by atoms with Crippen molar-refractivity contribution >= 4 is 18.3 Å². The third-order valence-corrected chi connectivity index (χ3v) is 3.50. The zero-order chi connectivity index (χ0) is 13.7. The standard InChI is InChI=1S/C14H29N3O.ClH/c1-11(2)9-17(12(3)4)14(18)10-16-7-5-13(15)6-8-16;/h11-13H,5-10,15H2,1-4H3;1H. The summed E-state index contributed by atoms with van der Waals surface area (Å²) in [5.74, 6) is 0.778. The molecule has 1 amide bonds. The van der Waals surface area contributed by atoms with Gasteiger partial charge in [-0.25, -0.2) is 0 Å². The lowest BCUT2D eigenvalue weighted by molar-refractivity contribution is -0.135. The molecule has 1 saturated heterocycles. The number of hydrogen-bond donors (Lipinski definition) is 1. The second-order valence-corrected chi connectivity index (χ2v) is 6.15. The van der Waals surface area contributed by atoms with Gasteiger partial charge in [0, 0.05) is 31.7 Å². The lowest BCUT2D eigenvalue weighted by atomic mass is 10.1. The van der Waals surface area contributed by atoms with E-state index in [1.165, 1.54) is 0 Å². The van der Waals surface area contributed by atoms with Gasteiger partial charge in [-0.15, -0.1) is 12.4 Å². The molecule has 0 aromatic carbocycles. The lowest BCUT2D eigenvalue weighted by Gasteiger charge is -2.34. The van der Waals surface area contributed by atoms with E-state index in [1.807, 2.05) is 4.90 Å². The summed E-state index contributed by atoms with van der Waals surface area (Å²) in [6, 6.07) is 0.611. The Balaban J connectivity index is 0.00000324. The smallest absolute Gasteiger partial charge is 0.236 e. The molecule has 0 radical (unpaired) electrons. The maximum absolute atomic E-state index is 12.3. The van der Waals surface area contributed by atoms with Gasteiger partial charge in [0.25, 0.3) is 0 Å². The number of nitrogens with zero attached hydrogens (tertiary/aromatic N) is 2. The van der Waals surface area contributed by atoms with Crippen LogP contribution in [0.5, 0.6) is 0 Å². The van der Waals surface area contributed by atoms with E-state index in [4.69, 9.17) is 5.73 Å². The Labute approximate surface area is 124 Å². The molecular weight excluding hydrogens is 262 g/mol. The van der Waals surface area contributed by atoms with Gasteiger partial charge in [-0.3, -0.25) is 9.69 Å². The minimum Gasteiger partial charge on any atom is -0.339 e. The van der Waals surface area contributed by atoms with Crippen LogP contribution in [0, 0.1) is 5.92 Å². The number of rotatable bonds is 5. The molecule has 2 N–H and O–H groups in total. The van der Waals surface area contributed by atoms with Gasteiger partial charge in [0.15, 0.2) is 0 Å². The number of piperidine rings is 1. The van der Waals surface area contributed by atoms with Crippen LogP contribution in [0.1, 0.15) is 40.5 Å². The molecule has 0 aromatic heterocycles. The number of amides is 1. The van der Waals surface area contributed by atoms with Crippen molar-refractivity contribution in [1.82, 2.24) is 9.80 Å². The Morgan fingerprint density at radius 3 is 2.21 bits per heavy atom. The predicted octanol–water partition coefficient (Wildman–Crippen LogP) is 1.72. The zero-order valence-electron chi connectivity index (χ0n) is 12.8. The fraction of sp³-hybridized carbons (Fsp3) is 0.929. The van der Waals surface area contributed by atoms with Crippen LogP contribution in [0.3, 0.4) is 0 Å². The Bertz CT molecular complexity index is 263. The van der Waals surface area contributed by atoms with Gasteiger partial charge in [0.2, 0.25) is 5.91 Å². The summed E-state index contributed by atoms with van der Waals surface area (Å²) in [7, 11) is 0. The lowest BCUT2D eigenvalue weighted by Crippen LogP contribution is -2.48. The summed E-state index contributed by atoms with van der Waals surface area (Å²) < 4.78 is 0. The Morgan fingerprint density at radius 2 is 1.79 bits per heavy atom.